The quantitative estimate of drug-likeness (QED) is 0.273. The van der Waals surface area contributed by atoms with Crippen LogP contribution in [0.25, 0.3) is 0 Å². The van der Waals surface area contributed by atoms with Gasteiger partial charge in [-0.3, -0.25) is 14.4 Å². The molecule has 0 radical (unpaired) electrons. The summed E-state index contributed by atoms with van der Waals surface area (Å²) in [6.07, 6.45) is 1.49. The lowest BCUT2D eigenvalue weighted by Gasteiger charge is -2.33. The summed E-state index contributed by atoms with van der Waals surface area (Å²) in [4.78, 5) is 50.2. The van der Waals surface area contributed by atoms with Crippen molar-refractivity contribution < 1.29 is 42.9 Å². The summed E-state index contributed by atoms with van der Waals surface area (Å²) in [6.45, 7) is 9.07. The van der Waals surface area contributed by atoms with Gasteiger partial charge in [0, 0.05) is 5.02 Å². The topological polar surface area (TPSA) is 114 Å². The number of halogens is 1. The lowest BCUT2D eigenvalue weighted by Crippen LogP contribution is -2.55. The van der Waals surface area contributed by atoms with Crippen molar-refractivity contribution in [2.75, 3.05) is 6.61 Å². The van der Waals surface area contributed by atoms with E-state index in [2.05, 4.69) is 5.92 Å². The van der Waals surface area contributed by atoms with Crippen LogP contribution in [-0.4, -0.2) is 54.6 Å². The SMILES string of the molecule is C#C[C@@]1(OC(=O)C(C)C)[C@@H](COC(=O)c2ccc(Cl)cc2)OC(OC(=O)C(C)C)[C@@H]1OC(=O)C(C)C. The minimum atomic E-state index is -2.05. The highest BCUT2D eigenvalue weighted by Crippen LogP contribution is 2.39. The molecule has 1 saturated heterocycles. The smallest absolute Gasteiger partial charge is 0.338 e. The summed E-state index contributed by atoms with van der Waals surface area (Å²) in [5, 5.41) is 0.433. The van der Waals surface area contributed by atoms with Crippen LogP contribution in [0.2, 0.25) is 5.02 Å². The largest absolute Gasteiger partial charge is 0.459 e. The molecule has 0 spiro atoms. The summed E-state index contributed by atoms with van der Waals surface area (Å²) >= 11 is 5.86. The van der Waals surface area contributed by atoms with E-state index in [1.807, 2.05) is 0 Å². The first kappa shape index (κ1) is 29.1. The number of terminal acetylenes is 1. The molecule has 0 bridgehead atoms. The molecule has 36 heavy (non-hydrogen) atoms. The van der Waals surface area contributed by atoms with E-state index in [0.717, 1.165) is 0 Å². The van der Waals surface area contributed by atoms with Gasteiger partial charge < -0.3 is 23.7 Å². The number of benzene rings is 1. The van der Waals surface area contributed by atoms with Gasteiger partial charge in [-0.15, -0.1) is 6.42 Å². The Morgan fingerprint density at radius 3 is 1.97 bits per heavy atom. The second-order valence-electron chi connectivity index (χ2n) is 9.22. The number of carbonyl (C=O) groups excluding carboxylic acids is 4. The summed E-state index contributed by atoms with van der Waals surface area (Å²) in [5.74, 6) is -2.16. The van der Waals surface area contributed by atoms with E-state index in [1.54, 1.807) is 41.5 Å². The monoisotopic (exact) mass is 522 g/mol. The van der Waals surface area contributed by atoms with E-state index in [-0.39, 0.29) is 5.56 Å². The van der Waals surface area contributed by atoms with E-state index in [9.17, 15) is 19.2 Å². The fourth-order valence-electron chi connectivity index (χ4n) is 3.06. The Labute approximate surface area is 215 Å². The molecule has 0 aromatic heterocycles. The van der Waals surface area contributed by atoms with Crippen molar-refractivity contribution in [3.05, 3.63) is 34.9 Å². The lowest BCUT2D eigenvalue weighted by atomic mass is 9.92. The molecule has 10 heteroatoms. The highest BCUT2D eigenvalue weighted by Gasteiger charge is 2.63. The van der Waals surface area contributed by atoms with Crippen LogP contribution < -0.4 is 0 Å². The summed E-state index contributed by atoms with van der Waals surface area (Å²) < 4.78 is 27.9. The predicted molar refractivity (Wildman–Crippen MR) is 129 cm³/mol. The molecule has 1 unspecified atom stereocenters. The minimum absolute atomic E-state index is 0.202. The summed E-state index contributed by atoms with van der Waals surface area (Å²) in [5.41, 5.74) is -1.85. The molecule has 1 aliphatic heterocycles. The van der Waals surface area contributed by atoms with E-state index in [4.69, 9.17) is 41.7 Å². The van der Waals surface area contributed by atoms with Crippen molar-refractivity contribution in [2.24, 2.45) is 17.8 Å². The van der Waals surface area contributed by atoms with Crippen molar-refractivity contribution >= 4 is 35.5 Å². The Hall–Kier alpha value is -3.09. The molecule has 2 rings (SSSR count). The van der Waals surface area contributed by atoms with Crippen molar-refractivity contribution in [2.45, 2.75) is 65.6 Å². The second-order valence-corrected chi connectivity index (χ2v) is 9.65. The first-order valence-electron chi connectivity index (χ1n) is 11.5. The number of hydrogen-bond donors (Lipinski definition) is 0. The van der Waals surface area contributed by atoms with Crippen LogP contribution in [0.15, 0.2) is 24.3 Å². The van der Waals surface area contributed by atoms with Gasteiger partial charge in [0.15, 0.2) is 6.10 Å². The van der Waals surface area contributed by atoms with Crippen LogP contribution in [0.5, 0.6) is 0 Å². The number of ether oxygens (including phenoxy) is 5. The van der Waals surface area contributed by atoms with Gasteiger partial charge in [-0.25, -0.2) is 4.79 Å². The van der Waals surface area contributed by atoms with Crippen LogP contribution in [0, 0.1) is 30.1 Å². The Bertz CT molecular complexity index is 1010. The van der Waals surface area contributed by atoms with E-state index >= 15 is 0 Å². The van der Waals surface area contributed by atoms with Gasteiger partial charge >= 0.3 is 23.9 Å². The van der Waals surface area contributed by atoms with Crippen molar-refractivity contribution in [3.63, 3.8) is 0 Å². The molecule has 1 heterocycles. The third kappa shape index (κ3) is 6.77. The number of esters is 4. The Balaban J connectivity index is 2.45. The van der Waals surface area contributed by atoms with Crippen LogP contribution in [-0.2, 0) is 38.1 Å². The van der Waals surface area contributed by atoms with Crippen molar-refractivity contribution in [3.8, 4) is 12.3 Å². The average molecular weight is 523 g/mol. The van der Waals surface area contributed by atoms with Crippen LogP contribution in [0.3, 0.4) is 0 Å². The lowest BCUT2D eigenvalue weighted by molar-refractivity contribution is -0.203. The molecule has 1 aliphatic rings. The maximum Gasteiger partial charge on any atom is 0.338 e. The Morgan fingerprint density at radius 1 is 0.944 bits per heavy atom. The van der Waals surface area contributed by atoms with Gasteiger partial charge in [-0.05, 0) is 24.3 Å². The van der Waals surface area contributed by atoms with Crippen LogP contribution >= 0.6 is 11.6 Å². The minimum Gasteiger partial charge on any atom is -0.459 e. The highest BCUT2D eigenvalue weighted by molar-refractivity contribution is 6.30. The average Bonchev–Trinajstić information content (AvgIpc) is 3.09. The van der Waals surface area contributed by atoms with Crippen LogP contribution in [0.4, 0.5) is 0 Å². The van der Waals surface area contributed by atoms with Crippen molar-refractivity contribution in [1.29, 1.82) is 0 Å². The molecule has 9 nitrogen and oxygen atoms in total. The maximum absolute atomic E-state index is 12.7. The normalized spacial score (nSPS) is 23.3. The van der Waals surface area contributed by atoms with Crippen LogP contribution in [0.1, 0.15) is 51.9 Å². The van der Waals surface area contributed by atoms with Gasteiger partial charge in [-0.2, -0.15) is 0 Å². The third-order valence-electron chi connectivity index (χ3n) is 5.28. The van der Waals surface area contributed by atoms with Crippen molar-refractivity contribution in [1.82, 2.24) is 0 Å². The summed E-state index contributed by atoms with van der Waals surface area (Å²) in [7, 11) is 0. The summed E-state index contributed by atoms with van der Waals surface area (Å²) in [6, 6.07) is 5.97. The first-order valence-corrected chi connectivity index (χ1v) is 11.9. The molecule has 4 atom stereocenters. The molecule has 0 saturated carbocycles. The molecule has 1 aromatic rings. The zero-order valence-corrected chi connectivity index (χ0v) is 21.9. The van der Waals surface area contributed by atoms with E-state index in [1.165, 1.54) is 24.3 Å². The molecule has 1 aromatic carbocycles. The zero-order valence-electron chi connectivity index (χ0n) is 21.1. The van der Waals surface area contributed by atoms with E-state index in [0.29, 0.717) is 5.02 Å². The molecule has 0 amide bonds. The Morgan fingerprint density at radius 2 is 1.47 bits per heavy atom. The molecule has 1 fully saturated rings. The fraction of sp³-hybridized carbons (Fsp3) is 0.538. The maximum atomic E-state index is 12.7. The Kier molecular flexibility index (Phi) is 9.91. The molecular formula is C26H31ClO9. The second kappa shape index (κ2) is 12.2. The number of rotatable bonds is 9. The third-order valence-corrected chi connectivity index (χ3v) is 5.53. The fourth-order valence-corrected chi connectivity index (χ4v) is 3.19. The van der Waals surface area contributed by atoms with Gasteiger partial charge in [0.2, 0.25) is 18.0 Å². The van der Waals surface area contributed by atoms with E-state index < -0.39 is 72.3 Å². The predicted octanol–water partition coefficient (Wildman–Crippen LogP) is 3.56. The highest BCUT2D eigenvalue weighted by atomic mass is 35.5. The molecule has 196 valence electrons. The van der Waals surface area contributed by atoms with Gasteiger partial charge in [0.05, 0.1) is 23.3 Å². The number of carbonyl (C=O) groups is 4. The molecular weight excluding hydrogens is 492 g/mol. The molecule has 0 aliphatic carbocycles. The first-order chi connectivity index (χ1) is 16.8. The standard InChI is InChI=1S/C26H31ClO9/c1-8-26(36-23(30)16(6)7)19(13-32-24(31)17-9-11-18(27)12-10-17)33-25(35-22(29)15(4)5)20(26)34-21(28)14(2)3/h1,9-12,14-16,19-20,25H,13H2,2-7H3/t19-,20+,25?,26-/m1/s1. The van der Waals surface area contributed by atoms with Gasteiger partial charge in [0.1, 0.15) is 6.61 Å². The number of hydrogen-bond acceptors (Lipinski definition) is 9. The van der Waals surface area contributed by atoms with Gasteiger partial charge in [0.25, 0.3) is 0 Å². The molecule has 0 N–H and O–H groups in total. The van der Waals surface area contributed by atoms with Gasteiger partial charge in [-0.1, -0.05) is 59.1 Å². The zero-order chi connectivity index (χ0) is 27.2.